The number of amides is 2. The maximum atomic E-state index is 12.5. The van der Waals surface area contributed by atoms with Gasteiger partial charge in [0.1, 0.15) is 11.4 Å². The highest BCUT2D eigenvalue weighted by atomic mass is 16.5. The van der Waals surface area contributed by atoms with E-state index >= 15 is 0 Å². The van der Waals surface area contributed by atoms with E-state index in [1.165, 1.54) is 18.7 Å². The number of para-hydroxylation sites is 1. The summed E-state index contributed by atoms with van der Waals surface area (Å²) in [4.78, 5) is 29.0. The zero-order valence-electron chi connectivity index (χ0n) is 15.5. The van der Waals surface area contributed by atoms with E-state index in [2.05, 4.69) is 15.6 Å². The van der Waals surface area contributed by atoms with E-state index in [0.717, 1.165) is 31.2 Å². The van der Waals surface area contributed by atoms with Crippen molar-refractivity contribution in [3.63, 3.8) is 0 Å². The second-order valence-electron chi connectivity index (χ2n) is 6.73. The monoisotopic (exact) mass is 367 g/mol. The van der Waals surface area contributed by atoms with Crippen molar-refractivity contribution >= 4 is 11.8 Å². The fourth-order valence-corrected chi connectivity index (χ4v) is 3.33. The van der Waals surface area contributed by atoms with Crippen molar-refractivity contribution in [3.8, 4) is 5.75 Å². The average Bonchev–Trinajstić information content (AvgIpc) is 2.73. The Kier molecular flexibility index (Phi) is 6.41. The number of aromatic nitrogens is 1. The number of nitrogens with zero attached hydrogens (tertiary/aromatic N) is 1. The minimum atomic E-state index is -0.326. The number of methoxy groups -OCH3 is 1. The third-order valence-corrected chi connectivity index (χ3v) is 4.83. The molecular formula is C21H25N3O3. The van der Waals surface area contributed by atoms with Crippen molar-refractivity contribution in [2.45, 2.75) is 44.7 Å². The zero-order valence-corrected chi connectivity index (χ0v) is 15.5. The number of nitrogens with one attached hydrogen (secondary N) is 2. The van der Waals surface area contributed by atoms with E-state index in [1.54, 1.807) is 13.2 Å². The number of pyridine rings is 1. The van der Waals surface area contributed by atoms with Gasteiger partial charge in [0, 0.05) is 29.9 Å². The number of hydrogen-bond donors (Lipinski definition) is 2. The van der Waals surface area contributed by atoms with Gasteiger partial charge in [0.2, 0.25) is 0 Å². The number of hydrogen-bond acceptors (Lipinski definition) is 4. The van der Waals surface area contributed by atoms with Crippen molar-refractivity contribution < 1.29 is 14.3 Å². The summed E-state index contributed by atoms with van der Waals surface area (Å²) in [6, 6.07) is 10.9. The van der Waals surface area contributed by atoms with E-state index < -0.39 is 0 Å². The molecule has 27 heavy (non-hydrogen) atoms. The van der Waals surface area contributed by atoms with E-state index in [0.29, 0.717) is 17.9 Å². The smallest absolute Gasteiger partial charge is 0.270 e. The summed E-state index contributed by atoms with van der Waals surface area (Å²) < 4.78 is 5.29. The van der Waals surface area contributed by atoms with Crippen LogP contribution in [0.25, 0.3) is 0 Å². The second kappa shape index (κ2) is 9.16. The molecule has 1 saturated carbocycles. The van der Waals surface area contributed by atoms with Crippen LogP contribution in [-0.2, 0) is 6.54 Å². The highest BCUT2D eigenvalue weighted by Crippen LogP contribution is 2.18. The van der Waals surface area contributed by atoms with Gasteiger partial charge in [-0.3, -0.25) is 14.6 Å². The Morgan fingerprint density at radius 1 is 1.11 bits per heavy atom. The molecule has 6 nitrogen and oxygen atoms in total. The van der Waals surface area contributed by atoms with Crippen LogP contribution in [0.5, 0.6) is 5.75 Å². The zero-order chi connectivity index (χ0) is 19.1. The minimum Gasteiger partial charge on any atom is -0.496 e. The van der Waals surface area contributed by atoms with Gasteiger partial charge in [-0.1, -0.05) is 37.5 Å². The van der Waals surface area contributed by atoms with Crippen LogP contribution in [-0.4, -0.2) is 29.9 Å². The van der Waals surface area contributed by atoms with Crippen LogP contribution in [0, 0.1) is 0 Å². The lowest BCUT2D eigenvalue weighted by Gasteiger charge is -2.22. The number of carbonyl (C=O) groups is 2. The normalized spacial score (nSPS) is 14.4. The molecule has 3 rings (SSSR count). The molecule has 1 heterocycles. The molecule has 0 aliphatic heterocycles. The summed E-state index contributed by atoms with van der Waals surface area (Å²) in [5, 5.41) is 5.88. The number of carbonyl (C=O) groups excluding carboxylic acids is 2. The second-order valence-corrected chi connectivity index (χ2v) is 6.73. The Morgan fingerprint density at radius 2 is 1.89 bits per heavy atom. The Morgan fingerprint density at radius 3 is 2.67 bits per heavy atom. The first-order valence-electron chi connectivity index (χ1n) is 9.34. The molecule has 0 atom stereocenters. The molecule has 0 unspecified atom stereocenters. The number of benzene rings is 1. The summed E-state index contributed by atoms with van der Waals surface area (Å²) in [5.74, 6) is 0.239. The van der Waals surface area contributed by atoms with Gasteiger partial charge in [0.25, 0.3) is 11.8 Å². The van der Waals surface area contributed by atoms with Crippen molar-refractivity contribution in [3.05, 3.63) is 59.4 Å². The first-order valence-corrected chi connectivity index (χ1v) is 9.34. The van der Waals surface area contributed by atoms with Gasteiger partial charge in [0.15, 0.2) is 0 Å². The highest BCUT2D eigenvalue weighted by Gasteiger charge is 2.18. The molecule has 0 saturated heterocycles. The maximum Gasteiger partial charge on any atom is 0.270 e. The van der Waals surface area contributed by atoms with Crippen LogP contribution in [0.2, 0.25) is 0 Å². The van der Waals surface area contributed by atoms with Crippen LogP contribution in [0.1, 0.15) is 58.5 Å². The fourth-order valence-electron chi connectivity index (χ4n) is 3.33. The first-order chi connectivity index (χ1) is 13.2. The fraction of sp³-hybridized carbons (Fsp3) is 0.381. The summed E-state index contributed by atoms with van der Waals surface area (Å²) in [7, 11) is 1.59. The van der Waals surface area contributed by atoms with Gasteiger partial charge in [0.05, 0.1) is 7.11 Å². The Hall–Kier alpha value is -2.89. The highest BCUT2D eigenvalue weighted by molar-refractivity contribution is 5.98. The van der Waals surface area contributed by atoms with Gasteiger partial charge in [-0.2, -0.15) is 0 Å². The molecule has 0 bridgehead atoms. The maximum absolute atomic E-state index is 12.5. The molecule has 6 heteroatoms. The third-order valence-electron chi connectivity index (χ3n) is 4.83. The van der Waals surface area contributed by atoms with E-state index in [9.17, 15) is 9.59 Å². The van der Waals surface area contributed by atoms with Gasteiger partial charge in [-0.05, 0) is 31.0 Å². The molecule has 1 fully saturated rings. The molecule has 0 radical (unpaired) electrons. The van der Waals surface area contributed by atoms with Crippen molar-refractivity contribution in [1.29, 1.82) is 0 Å². The van der Waals surface area contributed by atoms with Crippen molar-refractivity contribution in [1.82, 2.24) is 15.6 Å². The molecular weight excluding hydrogens is 342 g/mol. The van der Waals surface area contributed by atoms with Gasteiger partial charge >= 0.3 is 0 Å². The molecule has 1 aliphatic carbocycles. The standard InChI is InChI=1S/C21H25N3O3/c1-27-19-10-6-5-7-16(19)14-23-21(26)18-13-15(11-12-22-18)20(25)24-17-8-3-2-4-9-17/h5-7,10-13,17H,2-4,8-9,14H2,1H3,(H,23,26)(H,24,25). The van der Waals surface area contributed by atoms with Crippen LogP contribution >= 0.6 is 0 Å². The average molecular weight is 367 g/mol. The predicted octanol–water partition coefficient (Wildman–Crippen LogP) is 3.08. The molecule has 2 aromatic rings. The summed E-state index contributed by atoms with van der Waals surface area (Å²) in [6.07, 6.45) is 7.06. The van der Waals surface area contributed by atoms with Crippen LogP contribution in [0.4, 0.5) is 0 Å². The number of ether oxygens (including phenoxy) is 1. The van der Waals surface area contributed by atoms with Crippen molar-refractivity contribution in [2.75, 3.05) is 7.11 Å². The Labute approximate surface area is 159 Å². The summed E-state index contributed by atoms with van der Waals surface area (Å²) >= 11 is 0. The van der Waals surface area contributed by atoms with Crippen molar-refractivity contribution in [2.24, 2.45) is 0 Å². The van der Waals surface area contributed by atoms with E-state index in [-0.39, 0.29) is 23.6 Å². The number of rotatable bonds is 6. The van der Waals surface area contributed by atoms with Crippen LogP contribution in [0.3, 0.4) is 0 Å². The minimum absolute atomic E-state index is 0.150. The molecule has 0 spiro atoms. The molecule has 2 amide bonds. The topological polar surface area (TPSA) is 80.3 Å². The Balaban J connectivity index is 1.62. The first kappa shape index (κ1) is 18.9. The van der Waals surface area contributed by atoms with Crippen LogP contribution in [0.15, 0.2) is 42.6 Å². The molecule has 1 aromatic heterocycles. The largest absolute Gasteiger partial charge is 0.496 e. The SMILES string of the molecule is COc1ccccc1CNC(=O)c1cc(C(=O)NC2CCCCC2)ccn1. The quantitative estimate of drug-likeness (QED) is 0.822. The molecule has 142 valence electrons. The van der Waals surface area contributed by atoms with Gasteiger partial charge in [-0.15, -0.1) is 0 Å². The summed E-state index contributed by atoms with van der Waals surface area (Å²) in [5.41, 5.74) is 1.55. The Bertz CT molecular complexity index is 801. The third kappa shape index (κ3) is 5.06. The molecule has 1 aromatic carbocycles. The summed E-state index contributed by atoms with van der Waals surface area (Å²) in [6.45, 7) is 0.322. The lowest BCUT2D eigenvalue weighted by molar-refractivity contribution is 0.0927. The lowest BCUT2D eigenvalue weighted by Crippen LogP contribution is -2.36. The molecule has 1 aliphatic rings. The predicted molar refractivity (Wildman–Crippen MR) is 103 cm³/mol. The molecule has 2 N–H and O–H groups in total. The van der Waals surface area contributed by atoms with Gasteiger partial charge < -0.3 is 15.4 Å². The van der Waals surface area contributed by atoms with Crippen LogP contribution < -0.4 is 15.4 Å². The van der Waals surface area contributed by atoms with Gasteiger partial charge in [-0.25, -0.2) is 0 Å². The lowest BCUT2D eigenvalue weighted by atomic mass is 9.95. The van der Waals surface area contributed by atoms with E-state index in [4.69, 9.17) is 4.74 Å². The van der Waals surface area contributed by atoms with E-state index in [1.807, 2.05) is 24.3 Å².